The predicted molar refractivity (Wildman–Crippen MR) is 80.8 cm³/mol. The number of rotatable bonds is 8. The second kappa shape index (κ2) is 7.31. The van der Waals surface area contributed by atoms with Crippen LogP contribution in [0.25, 0.3) is 0 Å². The first-order valence-corrected chi connectivity index (χ1v) is 7.67. The fourth-order valence-electron chi connectivity index (χ4n) is 2.05. The van der Waals surface area contributed by atoms with Crippen LogP contribution in [0, 0.1) is 0 Å². The molecular weight excluding hydrogens is 266 g/mol. The molecule has 1 N–H and O–H groups in total. The molecule has 0 aliphatic rings. The lowest BCUT2D eigenvalue weighted by Gasteiger charge is -2.05. The third kappa shape index (κ3) is 4.35. The molecule has 0 spiro atoms. The first-order valence-electron chi connectivity index (χ1n) is 7.67. The molecule has 116 valence electrons. The molecule has 0 aromatic carbocycles. The molecule has 0 aliphatic heterocycles. The maximum absolute atomic E-state index is 4.51. The van der Waals surface area contributed by atoms with Gasteiger partial charge >= 0.3 is 0 Å². The van der Waals surface area contributed by atoms with Crippen LogP contribution in [0.15, 0.2) is 6.20 Å². The van der Waals surface area contributed by atoms with Crippen molar-refractivity contribution in [3.8, 4) is 0 Å². The molecule has 2 rings (SSSR count). The number of aromatic nitrogens is 6. The topological polar surface area (TPSA) is 73.5 Å². The van der Waals surface area contributed by atoms with Crippen LogP contribution in [0.1, 0.15) is 45.0 Å². The highest BCUT2D eigenvalue weighted by Gasteiger charge is 2.08. The number of nitrogens with one attached hydrogen (secondary N) is 1. The van der Waals surface area contributed by atoms with Gasteiger partial charge in [-0.2, -0.15) is 5.10 Å². The second-order valence-corrected chi connectivity index (χ2v) is 5.38. The summed E-state index contributed by atoms with van der Waals surface area (Å²) < 4.78 is 3.84. The summed E-state index contributed by atoms with van der Waals surface area (Å²) >= 11 is 0. The van der Waals surface area contributed by atoms with Gasteiger partial charge < -0.3 is 5.32 Å². The van der Waals surface area contributed by atoms with Crippen LogP contribution < -0.4 is 5.32 Å². The van der Waals surface area contributed by atoms with Gasteiger partial charge in [0, 0.05) is 31.6 Å². The van der Waals surface area contributed by atoms with E-state index in [1.165, 1.54) is 0 Å². The van der Waals surface area contributed by atoms with E-state index in [0.29, 0.717) is 6.04 Å². The van der Waals surface area contributed by atoms with Gasteiger partial charge in [-0.05, 0) is 0 Å². The minimum absolute atomic E-state index is 0.449. The Balaban J connectivity index is 1.92. The molecule has 21 heavy (non-hydrogen) atoms. The minimum Gasteiger partial charge on any atom is -0.309 e. The molecule has 7 heteroatoms. The highest BCUT2D eigenvalue weighted by molar-refractivity contribution is 4.94. The first-order chi connectivity index (χ1) is 10.1. The lowest BCUT2D eigenvalue weighted by atomic mass is 10.3. The van der Waals surface area contributed by atoms with E-state index in [1.807, 2.05) is 15.6 Å². The van der Waals surface area contributed by atoms with Gasteiger partial charge in [-0.1, -0.05) is 32.9 Å². The maximum Gasteiger partial charge on any atom is 0.150 e. The zero-order valence-electron chi connectivity index (χ0n) is 13.4. The van der Waals surface area contributed by atoms with Crippen LogP contribution in [0.2, 0.25) is 0 Å². The number of hydrogen-bond donors (Lipinski definition) is 1. The van der Waals surface area contributed by atoms with Crippen molar-refractivity contribution in [1.82, 2.24) is 35.1 Å². The Kier molecular flexibility index (Phi) is 5.44. The van der Waals surface area contributed by atoms with Crippen LogP contribution in [0.4, 0.5) is 0 Å². The van der Waals surface area contributed by atoms with Gasteiger partial charge in [-0.3, -0.25) is 4.68 Å². The Hall–Kier alpha value is -1.76. The summed E-state index contributed by atoms with van der Waals surface area (Å²) in [6, 6.07) is 0.449. The van der Waals surface area contributed by atoms with E-state index >= 15 is 0 Å². The Morgan fingerprint density at radius 2 is 2.00 bits per heavy atom. The fraction of sp³-hybridized carbons (Fsp3) is 0.714. The molecular formula is C14H25N7. The van der Waals surface area contributed by atoms with E-state index in [2.05, 4.69) is 53.4 Å². The lowest BCUT2D eigenvalue weighted by molar-refractivity contribution is 0.475. The molecule has 0 unspecified atom stereocenters. The molecule has 0 saturated carbocycles. The normalized spacial score (nSPS) is 11.5. The van der Waals surface area contributed by atoms with Crippen molar-refractivity contribution in [3.05, 3.63) is 23.5 Å². The zero-order valence-corrected chi connectivity index (χ0v) is 13.4. The van der Waals surface area contributed by atoms with Crippen molar-refractivity contribution in [2.45, 2.75) is 66.2 Å². The van der Waals surface area contributed by atoms with Gasteiger partial charge in [0.25, 0.3) is 0 Å². The highest BCUT2D eigenvalue weighted by atomic mass is 15.4. The monoisotopic (exact) mass is 291 g/mol. The molecule has 0 bridgehead atoms. The van der Waals surface area contributed by atoms with Crippen molar-refractivity contribution in [1.29, 1.82) is 0 Å². The van der Waals surface area contributed by atoms with Gasteiger partial charge in [0.05, 0.1) is 18.8 Å². The predicted octanol–water partition coefficient (Wildman–Crippen LogP) is 1.19. The highest BCUT2D eigenvalue weighted by Crippen LogP contribution is 2.02. The summed E-state index contributed by atoms with van der Waals surface area (Å²) in [4.78, 5) is 4.51. The minimum atomic E-state index is 0.449. The van der Waals surface area contributed by atoms with Gasteiger partial charge in [-0.25, -0.2) is 9.67 Å². The summed E-state index contributed by atoms with van der Waals surface area (Å²) in [5, 5.41) is 16.2. The Bertz CT molecular complexity index is 555. The van der Waals surface area contributed by atoms with Crippen LogP contribution >= 0.6 is 0 Å². The van der Waals surface area contributed by atoms with Crippen molar-refractivity contribution in [2.75, 3.05) is 0 Å². The molecule has 0 fully saturated rings. The molecule has 0 amide bonds. The quantitative estimate of drug-likeness (QED) is 0.791. The maximum atomic E-state index is 4.51. The standard InChI is InChI=1S/C14H25N7/c1-5-13-16-14(6-2)21(18-13)8-7-20-10-12(17-19-20)9-15-11(3)4/h10-11,15H,5-9H2,1-4H3. The molecule has 0 aliphatic carbocycles. The summed E-state index contributed by atoms with van der Waals surface area (Å²) in [6.07, 6.45) is 3.75. The molecule has 2 aromatic heterocycles. The van der Waals surface area contributed by atoms with Crippen molar-refractivity contribution in [3.63, 3.8) is 0 Å². The molecule has 0 atom stereocenters. The SMILES string of the molecule is CCc1nc(CC)n(CCn2cc(CNC(C)C)nn2)n1. The molecule has 0 saturated heterocycles. The second-order valence-electron chi connectivity index (χ2n) is 5.38. The summed E-state index contributed by atoms with van der Waals surface area (Å²) in [7, 11) is 0. The van der Waals surface area contributed by atoms with Gasteiger partial charge in [0.2, 0.25) is 0 Å². The van der Waals surface area contributed by atoms with E-state index in [1.54, 1.807) is 0 Å². The summed E-state index contributed by atoms with van der Waals surface area (Å²) in [6.45, 7) is 10.7. The van der Waals surface area contributed by atoms with E-state index in [9.17, 15) is 0 Å². The average molecular weight is 291 g/mol. The lowest BCUT2D eigenvalue weighted by Crippen LogP contribution is -2.21. The van der Waals surface area contributed by atoms with Crippen molar-refractivity contribution >= 4 is 0 Å². The third-order valence-corrected chi connectivity index (χ3v) is 3.24. The first kappa shape index (κ1) is 15.6. The molecule has 2 aromatic rings. The molecule has 0 radical (unpaired) electrons. The van der Waals surface area contributed by atoms with Gasteiger partial charge in [0.15, 0.2) is 5.82 Å². The third-order valence-electron chi connectivity index (χ3n) is 3.24. The number of hydrogen-bond acceptors (Lipinski definition) is 5. The summed E-state index contributed by atoms with van der Waals surface area (Å²) in [5.74, 6) is 1.95. The van der Waals surface area contributed by atoms with Gasteiger partial charge in [0.1, 0.15) is 5.82 Å². The van der Waals surface area contributed by atoms with Crippen LogP contribution in [-0.4, -0.2) is 35.8 Å². The Morgan fingerprint density at radius 1 is 1.19 bits per heavy atom. The van der Waals surface area contributed by atoms with E-state index in [-0.39, 0.29) is 0 Å². The Morgan fingerprint density at radius 3 is 2.67 bits per heavy atom. The largest absolute Gasteiger partial charge is 0.309 e. The molecule has 2 heterocycles. The van der Waals surface area contributed by atoms with Crippen LogP contribution in [0.3, 0.4) is 0 Å². The van der Waals surface area contributed by atoms with E-state index in [4.69, 9.17) is 0 Å². The average Bonchev–Trinajstić information content (AvgIpc) is 3.09. The fourth-order valence-corrected chi connectivity index (χ4v) is 2.05. The van der Waals surface area contributed by atoms with E-state index in [0.717, 1.165) is 49.8 Å². The van der Waals surface area contributed by atoms with Crippen molar-refractivity contribution < 1.29 is 0 Å². The Labute approximate surface area is 125 Å². The smallest absolute Gasteiger partial charge is 0.150 e. The van der Waals surface area contributed by atoms with Gasteiger partial charge in [-0.15, -0.1) is 5.10 Å². The van der Waals surface area contributed by atoms with E-state index < -0.39 is 0 Å². The van der Waals surface area contributed by atoms with Crippen LogP contribution in [-0.2, 0) is 32.5 Å². The molecule has 7 nitrogen and oxygen atoms in total. The van der Waals surface area contributed by atoms with Crippen molar-refractivity contribution in [2.24, 2.45) is 0 Å². The van der Waals surface area contributed by atoms with Crippen LogP contribution in [0.5, 0.6) is 0 Å². The summed E-state index contributed by atoms with van der Waals surface area (Å²) in [5.41, 5.74) is 0.965. The number of nitrogens with zero attached hydrogens (tertiary/aromatic N) is 6. The zero-order chi connectivity index (χ0) is 15.2. The number of aryl methyl sites for hydroxylation is 4.